The molecule has 15 heavy (non-hydrogen) atoms. The summed E-state index contributed by atoms with van der Waals surface area (Å²) < 4.78 is 5.56. The van der Waals surface area contributed by atoms with Crippen LogP contribution in [0.1, 0.15) is 18.4 Å². The summed E-state index contributed by atoms with van der Waals surface area (Å²) in [4.78, 5) is 0. The van der Waals surface area contributed by atoms with E-state index in [1.54, 1.807) is 0 Å². The van der Waals surface area contributed by atoms with Gasteiger partial charge >= 0.3 is 0 Å². The van der Waals surface area contributed by atoms with Crippen LogP contribution in [0.4, 0.5) is 0 Å². The van der Waals surface area contributed by atoms with E-state index in [4.69, 9.17) is 22.1 Å². The van der Waals surface area contributed by atoms with Gasteiger partial charge in [-0.05, 0) is 37.5 Å². The molecule has 1 aromatic carbocycles. The number of halogens is 2. The van der Waals surface area contributed by atoms with Gasteiger partial charge in [-0.2, -0.15) is 0 Å². The van der Waals surface area contributed by atoms with Crippen LogP contribution in [0.15, 0.2) is 18.2 Å². The molecule has 2 rings (SSSR count). The Kier molecular flexibility index (Phi) is 3.87. The summed E-state index contributed by atoms with van der Waals surface area (Å²) >= 11 is 6.01. The van der Waals surface area contributed by atoms with Crippen LogP contribution >= 0.6 is 24.0 Å². The molecule has 1 saturated carbocycles. The number of aryl methyl sites for hydroxylation is 1. The van der Waals surface area contributed by atoms with Crippen LogP contribution in [0.2, 0.25) is 5.02 Å². The number of benzene rings is 1. The first-order chi connectivity index (χ1) is 6.59. The number of ether oxygens (including phenoxy) is 1. The monoisotopic (exact) mass is 247 g/mol. The van der Waals surface area contributed by atoms with Gasteiger partial charge in [0.05, 0.1) is 10.6 Å². The number of hydrogen-bond acceptors (Lipinski definition) is 2. The maximum absolute atomic E-state index is 6.01. The van der Waals surface area contributed by atoms with Crippen LogP contribution in [-0.2, 0) is 0 Å². The summed E-state index contributed by atoms with van der Waals surface area (Å²) in [5, 5.41) is 0.661. The summed E-state index contributed by atoms with van der Waals surface area (Å²) in [5.74, 6) is 0.731. The minimum atomic E-state index is -0.0891. The predicted molar refractivity (Wildman–Crippen MR) is 65.1 cm³/mol. The molecule has 1 aliphatic carbocycles. The van der Waals surface area contributed by atoms with Crippen LogP contribution in [0.25, 0.3) is 0 Å². The fourth-order valence-corrected chi connectivity index (χ4v) is 1.54. The first-order valence-electron chi connectivity index (χ1n) is 4.77. The molecule has 0 unspecified atom stereocenters. The Balaban J connectivity index is 0.00000112. The molecule has 0 saturated heterocycles. The first kappa shape index (κ1) is 12.6. The van der Waals surface area contributed by atoms with Crippen LogP contribution in [0, 0.1) is 6.92 Å². The van der Waals surface area contributed by atoms with Gasteiger partial charge in [-0.15, -0.1) is 12.4 Å². The Morgan fingerprint density at radius 1 is 1.47 bits per heavy atom. The zero-order valence-electron chi connectivity index (χ0n) is 8.63. The number of nitrogens with two attached hydrogens (primary N) is 1. The average Bonchev–Trinajstić information content (AvgIpc) is 2.83. The van der Waals surface area contributed by atoms with Crippen LogP contribution in [0.5, 0.6) is 5.75 Å². The Morgan fingerprint density at radius 2 is 2.13 bits per heavy atom. The SMILES string of the molecule is Cc1ccc(OCC2(N)CC2)c(Cl)c1.Cl. The fourth-order valence-electron chi connectivity index (χ4n) is 1.25. The number of hydrogen-bond donors (Lipinski definition) is 1. The third-order valence-electron chi connectivity index (χ3n) is 2.49. The van der Waals surface area contributed by atoms with Crippen molar-refractivity contribution >= 4 is 24.0 Å². The molecule has 2 N–H and O–H groups in total. The van der Waals surface area contributed by atoms with Gasteiger partial charge < -0.3 is 10.5 Å². The largest absolute Gasteiger partial charge is 0.490 e. The lowest BCUT2D eigenvalue weighted by molar-refractivity contribution is 0.279. The van der Waals surface area contributed by atoms with E-state index >= 15 is 0 Å². The average molecular weight is 248 g/mol. The van der Waals surface area contributed by atoms with Gasteiger partial charge in [0.15, 0.2) is 0 Å². The molecule has 0 heterocycles. The van der Waals surface area contributed by atoms with E-state index < -0.39 is 0 Å². The van der Waals surface area contributed by atoms with Gasteiger partial charge in [-0.25, -0.2) is 0 Å². The molecule has 0 bridgehead atoms. The smallest absolute Gasteiger partial charge is 0.138 e. The lowest BCUT2D eigenvalue weighted by Gasteiger charge is -2.12. The summed E-state index contributed by atoms with van der Waals surface area (Å²) in [6.45, 7) is 2.57. The van der Waals surface area contributed by atoms with E-state index in [0.717, 1.165) is 24.2 Å². The Labute approximate surface area is 101 Å². The van der Waals surface area contributed by atoms with Crippen molar-refractivity contribution < 1.29 is 4.74 Å². The lowest BCUT2D eigenvalue weighted by atomic mass is 10.2. The highest BCUT2D eigenvalue weighted by Gasteiger charge is 2.39. The van der Waals surface area contributed by atoms with Gasteiger partial charge in [0.2, 0.25) is 0 Å². The summed E-state index contributed by atoms with van der Waals surface area (Å²) in [6.07, 6.45) is 2.10. The zero-order valence-corrected chi connectivity index (χ0v) is 10.2. The molecule has 0 atom stereocenters. The van der Waals surface area contributed by atoms with Gasteiger partial charge in [0, 0.05) is 0 Å². The van der Waals surface area contributed by atoms with Gasteiger partial charge in [-0.1, -0.05) is 17.7 Å². The van der Waals surface area contributed by atoms with E-state index in [1.165, 1.54) is 0 Å². The molecular formula is C11H15Cl2NO. The maximum atomic E-state index is 6.01. The van der Waals surface area contributed by atoms with Crippen molar-refractivity contribution in [2.45, 2.75) is 25.3 Å². The van der Waals surface area contributed by atoms with Crippen molar-refractivity contribution in [3.05, 3.63) is 28.8 Å². The number of rotatable bonds is 3. The minimum Gasteiger partial charge on any atom is -0.490 e. The quantitative estimate of drug-likeness (QED) is 0.892. The van der Waals surface area contributed by atoms with Gasteiger partial charge in [0.25, 0.3) is 0 Å². The Morgan fingerprint density at radius 3 is 2.67 bits per heavy atom. The van der Waals surface area contributed by atoms with Crippen molar-refractivity contribution in [3.8, 4) is 5.75 Å². The zero-order chi connectivity index (χ0) is 10.2. The molecule has 0 spiro atoms. The highest BCUT2D eigenvalue weighted by atomic mass is 35.5. The molecule has 1 aliphatic rings. The highest BCUT2D eigenvalue weighted by Crippen LogP contribution is 2.34. The van der Waals surface area contributed by atoms with Crippen molar-refractivity contribution in [3.63, 3.8) is 0 Å². The molecular weight excluding hydrogens is 233 g/mol. The molecule has 4 heteroatoms. The molecule has 1 fully saturated rings. The topological polar surface area (TPSA) is 35.2 Å². The van der Waals surface area contributed by atoms with Crippen LogP contribution in [0.3, 0.4) is 0 Å². The lowest BCUT2D eigenvalue weighted by Crippen LogP contribution is -2.29. The Bertz CT molecular complexity index is 350. The molecule has 84 valence electrons. The standard InChI is InChI=1S/C11H14ClNO.ClH/c1-8-2-3-10(9(12)6-8)14-7-11(13)4-5-11;/h2-3,6H,4-5,7,13H2,1H3;1H. The highest BCUT2D eigenvalue weighted by molar-refractivity contribution is 6.32. The van der Waals surface area contributed by atoms with Crippen molar-refractivity contribution in [1.82, 2.24) is 0 Å². The molecule has 0 aliphatic heterocycles. The first-order valence-corrected chi connectivity index (χ1v) is 5.15. The molecule has 0 aromatic heterocycles. The molecule has 1 aromatic rings. The van der Waals surface area contributed by atoms with E-state index in [0.29, 0.717) is 11.6 Å². The normalized spacial score (nSPS) is 16.7. The maximum Gasteiger partial charge on any atom is 0.138 e. The van der Waals surface area contributed by atoms with E-state index in [9.17, 15) is 0 Å². The second kappa shape index (κ2) is 4.60. The van der Waals surface area contributed by atoms with Gasteiger partial charge in [0.1, 0.15) is 12.4 Å². The van der Waals surface area contributed by atoms with Crippen LogP contribution in [-0.4, -0.2) is 12.1 Å². The fraction of sp³-hybridized carbons (Fsp3) is 0.455. The van der Waals surface area contributed by atoms with Crippen LogP contribution < -0.4 is 10.5 Å². The predicted octanol–water partition coefficient (Wildman–Crippen LogP) is 2.94. The second-order valence-electron chi connectivity index (χ2n) is 4.08. The van der Waals surface area contributed by atoms with Crippen molar-refractivity contribution in [1.29, 1.82) is 0 Å². The summed E-state index contributed by atoms with van der Waals surface area (Å²) in [5.41, 5.74) is 6.95. The summed E-state index contributed by atoms with van der Waals surface area (Å²) in [6, 6.07) is 5.77. The van der Waals surface area contributed by atoms with Crippen molar-refractivity contribution in [2.24, 2.45) is 5.73 Å². The van der Waals surface area contributed by atoms with E-state index in [-0.39, 0.29) is 17.9 Å². The van der Waals surface area contributed by atoms with E-state index in [1.807, 2.05) is 25.1 Å². The third kappa shape index (κ3) is 3.26. The Hall–Kier alpha value is -0.440. The van der Waals surface area contributed by atoms with Gasteiger partial charge in [-0.3, -0.25) is 0 Å². The molecule has 2 nitrogen and oxygen atoms in total. The van der Waals surface area contributed by atoms with Crippen molar-refractivity contribution in [2.75, 3.05) is 6.61 Å². The molecule has 0 amide bonds. The summed E-state index contributed by atoms with van der Waals surface area (Å²) in [7, 11) is 0. The third-order valence-corrected chi connectivity index (χ3v) is 2.79. The minimum absolute atomic E-state index is 0. The second-order valence-corrected chi connectivity index (χ2v) is 4.49. The molecule has 0 radical (unpaired) electrons. The van der Waals surface area contributed by atoms with E-state index in [2.05, 4.69) is 0 Å².